The average Bonchev–Trinajstić information content (AvgIpc) is 3.28. The monoisotopic (exact) mass is 449 g/mol. The quantitative estimate of drug-likeness (QED) is 0.735. The normalized spacial score (nSPS) is 20.3. The maximum absolute atomic E-state index is 14.7. The minimum atomic E-state index is -3.10. The third-order valence-electron chi connectivity index (χ3n) is 4.98. The lowest BCUT2D eigenvalue weighted by molar-refractivity contribution is -0.114. The molecule has 2 amide bonds. The van der Waals surface area contributed by atoms with E-state index in [0.29, 0.717) is 16.8 Å². The van der Waals surface area contributed by atoms with Crippen LogP contribution in [0.4, 0.5) is 20.7 Å². The zero-order valence-electron chi connectivity index (χ0n) is 16.6. The van der Waals surface area contributed by atoms with Crippen molar-refractivity contribution in [2.75, 3.05) is 28.3 Å². The number of halogens is 1. The molecular weight excluding hydrogens is 429 g/mol. The molecule has 0 radical (unpaired) electrons. The number of nitrogens with zero attached hydrogens (tertiary/aromatic N) is 4. The van der Waals surface area contributed by atoms with E-state index in [2.05, 4.69) is 15.6 Å². The van der Waals surface area contributed by atoms with Crippen LogP contribution in [0.1, 0.15) is 18.9 Å². The summed E-state index contributed by atoms with van der Waals surface area (Å²) in [6.45, 7) is 1.76. The summed E-state index contributed by atoms with van der Waals surface area (Å²) in [6, 6.07) is 4.40. The second-order valence-corrected chi connectivity index (χ2v) is 9.61. The lowest BCUT2D eigenvalue weighted by Crippen LogP contribution is -2.26. The van der Waals surface area contributed by atoms with Crippen LogP contribution in [0.2, 0.25) is 0 Å². The smallest absolute Gasteiger partial charge is 0.414 e. The lowest BCUT2D eigenvalue weighted by atomic mass is 10.0. The van der Waals surface area contributed by atoms with E-state index in [1.165, 1.54) is 34.8 Å². The number of carbonyl (C=O) groups excluding carboxylic acids is 2. The number of rotatable bonds is 5. The van der Waals surface area contributed by atoms with E-state index in [9.17, 15) is 22.4 Å². The molecular formula is C19H20FN5O5S. The Balaban J connectivity index is 1.44. The topological polar surface area (TPSA) is 123 Å². The molecule has 1 atom stereocenters. The van der Waals surface area contributed by atoms with Crippen molar-refractivity contribution < 1.29 is 27.1 Å². The Labute approximate surface area is 177 Å². The number of aromatic nitrogens is 3. The average molecular weight is 449 g/mol. The Hall–Kier alpha value is -3.28. The van der Waals surface area contributed by atoms with Crippen LogP contribution in [-0.2, 0) is 25.9 Å². The molecule has 2 aliphatic rings. The first kappa shape index (κ1) is 21.0. The second-order valence-electron chi connectivity index (χ2n) is 7.38. The van der Waals surface area contributed by atoms with E-state index in [1.54, 1.807) is 12.1 Å². The fourth-order valence-corrected chi connectivity index (χ4v) is 4.67. The van der Waals surface area contributed by atoms with E-state index < -0.39 is 27.9 Å². The summed E-state index contributed by atoms with van der Waals surface area (Å²) in [5.74, 6) is -0.630. The second kappa shape index (κ2) is 8.10. The van der Waals surface area contributed by atoms with Crippen molar-refractivity contribution in [3.63, 3.8) is 0 Å². The summed E-state index contributed by atoms with van der Waals surface area (Å²) >= 11 is 0. The minimum absolute atomic E-state index is 0.00785. The van der Waals surface area contributed by atoms with E-state index in [-0.39, 0.29) is 42.7 Å². The molecule has 31 heavy (non-hydrogen) atoms. The molecule has 12 heteroatoms. The van der Waals surface area contributed by atoms with E-state index >= 15 is 0 Å². The van der Waals surface area contributed by atoms with Gasteiger partial charge in [-0.3, -0.25) is 9.69 Å². The molecule has 2 aliphatic heterocycles. The van der Waals surface area contributed by atoms with Gasteiger partial charge in [-0.05, 0) is 30.2 Å². The molecule has 0 saturated carbocycles. The largest absolute Gasteiger partial charge is 0.442 e. The molecule has 1 fully saturated rings. The minimum Gasteiger partial charge on any atom is -0.442 e. The number of hydrogen-bond donors (Lipinski definition) is 1. The zero-order chi connectivity index (χ0) is 22.2. The molecule has 4 rings (SSSR count). The first-order valence-corrected chi connectivity index (χ1v) is 11.4. The first-order valence-electron chi connectivity index (χ1n) is 9.55. The fourth-order valence-electron chi connectivity index (χ4n) is 3.52. The van der Waals surface area contributed by atoms with Gasteiger partial charge in [-0.2, -0.15) is 0 Å². The van der Waals surface area contributed by atoms with Gasteiger partial charge in [0, 0.05) is 12.5 Å². The van der Waals surface area contributed by atoms with E-state index in [4.69, 9.17) is 4.74 Å². The predicted molar refractivity (Wildman–Crippen MR) is 110 cm³/mol. The summed E-state index contributed by atoms with van der Waals surface area (Å²) in [5.41, 5.74) is 1.31. The van der Waals surface area contributed by atoms with Gasteiger partial charge < -0.3 is 10.1 Å². The summed E-state index contributed by atoms with van der Waals surface area (Å²) in [5, 5.41) is 10.2. The number of ether oxygens (including phenoxy) is 1. The SMILES string of the molecule is CC(=O)Nc1cn(C[C@H]2CN(c3ccc(C4=CCS(=O)(=O)CC4)c(F)c3)C(=O)O2)nn1. The highest BCUT2D eigenvalue weighted by molar-refractivity contribution is 7.91. The summed E-state index contributed by atoms with van der Waals surface area (Å²) < 4.78 is 44.6. The fraction of sp³-hybridized carbons (Fsp3) is 0.368. The molecule has 1 aromatic heterocycles. The van der Waals surface area contributed by atoms with Crippen LogP contribution in [-0.4, -0.2) is 59.6 Å². The summed E-state index contributed by atoms with van der Waals surface area (Å²) in [6.07, 6.45) is 2.16. The van der Waals surface area contributed by atoms with Crippen molar-refractivity contribution in [1.82, 2.24) is 15.0 Å². The number of nitrogens with one attached hydrogen (secondary N) is 1. The Morgan fingerprint density at radius 2 is 2.19 bits per heavy atom. The van der Waals surface area contributed by atoms with Crippen LogP contribution < -0.4 is 10.2 Å². The Bertz CT molecular complexity index is 1180. The third-order valence-corrected chi connectivity index (χ3v) is 6.48. The Morgan fingerprint density at radius 1 is 1.39 bits per heavy atom. The van der Waals surface area contributed by atoms with Gasteiger partial charge >= 0.3 is 6.09 Å². The maximum atomic E-state index is 14.7. The van der Waals surface area contributed by atoms with Gasteiger partial charge in [-0.1, -0.05) is 11.3 Å². The maximum Gasteiger partial charge on any atom is 0.414 e. The van der Waals surface area contributed by atoms with Crippen LogP contribution in [0, 0.1) is 5.82 Å². The lowest BCUT2D eigenvalue weighted by Gasteiger charge is -2.17. The third kappa shape index (κ3) is 4.74. The summed E-state index contributed by atoms with van der Waals surface area (Å²) in [4.78, 5) is 24.7. The van der Waals surface area contributed by atoms with Crippen molar-refractivity contribution in [3.8, 4) is 0 Å². The zero-order valence-corrected chi connectivity index (χ0v) is 17.4. The van der Waals surface area contributed by atoms with E-state index in [0.717, 1.165) is 0 Å². The number of amides is 2. The molecule has 1 aromatic carbocycles. The number of benzene rings is 1. The van der Waals surface area contributed by atoms with Gasteiger partial charge in [-0.15, -0.1) is 5.10 Å². The number of hydrogen-bond acceptors (Lipinski definition) is 7. The standard InChI is InChI=1S/C19H20FN5O5S/c1-12(26)21-18-11-24(23-22-18)9-15-10-25(19(27)30-15)14-2-3-16(17(20)8-14)13-4-6-31(28,29)7-5-13/h2-4,8,11,15H,5-7,9-10H2,1H3,(H,21,26)/t15-/m0/s1. The molecule has 2 aromatic rings. The highest BCUT2D eigenvalue weighted by atomic mass is 32.2. The number of anilines is 2. The highest BCUT2D eigenvalue weighted by Crippen LogP contribution is 2.30. The summed E-state index contributed by atoms with van der Waals surface area (Å²) in [7, 11) is -3.10. The molecule has 1 saturated heterocycles. The molecule has 3 heterocycles. The van der Waals surface area contributed by atoms with Crippen molar-refractivity contribution in [2.45, 2.75) is 26.0 Å². The van der Waals surface area contributed by atoms with Crippen LogP contribution in [0.3, 0.4) is 0 Å². The van der Waals surface area contributed by atoms with Crippen LogP contribution >= 0.6 is 0 Å². The molecule has 0 unspecified atom stereocenters. The Morgan fingerprint density at radius 3 is 2.87 bits per heavy atom. The van der Waals surface area contributed by atoms with Crippen LogP contribution in [0.15, 0.2) is 30.5 Å². The number of carbonyl (C=O) groups is 2. The van der Waals surface area contributed by atoms with Gasteiger partial charge in [-0.25, -0.2) is 22.3 Å². The van der Waals surface area contributed by atoms with Crippen LogP contribution in [0.5, 0.6) is 0 Å². The van der Waals surface area contributed by atoms with Gasteiger partial charge in [0.25, 0.3) is 0 Å². The van der Waals surface area contributed by atoms with Crippen LogP contribution in [0.25, 0.3) is 5.57 Å². The van der Waals surface area contributed by atoms with Gasteiger partial charge in [0.05, 0.1) is 36.5 Å². The number of cyclic esters (lactones) is 1. The van der Waals surface area contributed by atoms with Crippen molar-refractivity contribution >= 4 is 38.9 Å². The van der Waals surface area contributed by atoms with Gasteiger partial charge in [0.15, 0.2) is 15.7 Å². The molecule has 0 aliphatic carbocycles. The molecule has 0 bridgehead atoms. The molecule has 164 valence electrons. The van der Waals surface area contributed by atoms with Gasteiger partial charge in [0.2, 0.25) is 5.91 Å². The molecule has 1 N–H and O–H groups in total. The molecule has 0 spiro atoms. The predicted octanol–water partition coefficient (Wildman–Crippen LogP) is 1.60. The highest BCUT2D eigenvalue weighted by Gasteiger charge is 2.33. The van der Waals surface area contributed by atoms with Crippen molar-refractivity contribution in [3.05, 3.63) is 41.9 Å². The number of allylic oxidation sites excluding steroid dienone is 1. The first-order chi connectivity index (χ1) is 14.7. The molecule has 10 nitrogen and oxygen atoms in total. The van der Waals surface area contributed by atoms with E-state index in [1.807, 2.05) is 0 Å². The van der Waals surface area contributed by atoms with Crippen molar-refractivity contribution in [2.24, 2.45) is 0 Å². The van der Waals surface area contributed by atoms with Crippen molar-refractivity contribution in [1.29, 1.82) is 0 Å². The Kier molecular flexibility index (Phi) is 5.48. The van der Waals surface area contributed by atoms with Gasteiger partial charge in [0.1, 0.15) is 11.9 Å². The number of sulfone groups is 1.